The van der Waals surface area contributed by atoms with Crippen molar-refractivity contribution in [3.63, 3.8) is 0 Å². The summed E-state index contributed by atoms with van der Waals surface area (Å²) in [6.07, 6.45) is 2.46. The number of rotatable bonds is 5. The van der Waals surface area contributed by atoms with Crippen LogP contribution in [-0.4, -0.2) is 35.7 Å². The molecule has 1 amide bonds. The Bertz CT molecular complexity index is 517. The van der Waals surface area contributed by atoms with E-state index < -0.39 is 0 Å². The van der Waals surface area contributed by atoms with Crippen molar-refractivity contribution in [1.29, 1.82) is 0 Å². The molecule has 3 nitrogen and oxygen atoms in total. The van der Waals surface area contributed by atoms with E-state index in [1.54, 1.807) is 17.8 Å². The summed E-state index contributed by atoms with van der Waals surface area (Å²) in [6.45, 7) is 3.96. The van der Waals surface area contributed by atoms with E-state index in [4.69, 9.17) is 5.11 Å². The van der Waals surface area contributed by atoms with Gasteiger partial charge in [0.05, 0.1) is 6.61 Å². The van der Waals surface area contributed by atoms with Crippen molar-refractivity contribution < 1.29 is 9.90 Å². The summed E-state index contributed by atoms with van der Waals surface area (Å²) in [7, 11) is 0. The Hall–Kier alpha value is -1.44. The van der Waals surface area contributed by atoms with Crippen LogP contribution in [0.3, 0.4) is 0 Å². The van der Waals surface area contributed by atoms with Gasteiger partial charge in [-0.25, -0.2) is 0 Å². The molecule has 0 aromatic heterocycles. The number of hydrogen-bond donors (Lipinski definition) is 2. The first-order valence-corrected chi connectivity index (χ1v) is 7.98. The van der Waals surface area contributed by atoms with Crippen LogP contribution in [0.2, 0.25) is 0 Å². The van der Waals surface area contributed by atoms with Crippen LogP contribution in [0.4, 0.5) is 0 Å². The minimum Gasteiger partial charge on any atom is -0.395 e. The van der Waals surface area contributed by atoms with Gasteiger partial charge in [0.25, 0.3) is 5.91 Å². The van der Waals surface area contributed by atoms with Crippen molar-refractivity contribution in [3.8, 4) is 11.8 Å². The molecule has 1 aromatic rings. The zero-order valence-electron chi connectivity index (χ0n) is 12.2. The zero-order chi connectivity index (χ0) is 15.0. The average Bonchev–Trinajstić information content (AvgIpc) is 2.41. The fourth-order valence-electron chi connectivity index (χ4n) is 1.76. The van der Waals surface area contributed by atoms with Crippen molar-refractivity contribution in [2.24, 2.45) is 0 Å². The standard InChI is InChI=1S/C16H21NO2S/c1-12-7-8-14(6-4-5-9-18)10-15(12)16(19)17-13(2)11-20-3/h7-8,10,13,18H,5,9,11H2,1-3H3,(H,17,19). The molecule has 1 aromatic carbocycles. The van der Waals surface area contributed by atoms with Crippen LogP contribution in [0.25, 0.3) is 0 Å². The summed E-state index contributed by atoms with van der Waals surface area (Å²) in [6, 6.07) is 5.74. The molecule has 1 atom stereocenters. The molecular weight excluding hydrogens is 270 g/mol. The normalized spacial score (nSPS) is 11.4. The van der Waals surface area contributed by atoms with Gasteiger partial charge in [0.2, 0.25) is 0 Å². The summed E-state index contributed by atoms with van der Waals surface area (Å²) in [5.41, 5.74) is 2.40. The number of benzene rings is 1. The van der Waals surface area contributed by atoms with Gasteiger partial charge in [-0.15, -0.1) is 0 Å². The molecule has 20 heavy (non-hydrogen) atoms. The highest BCUT2D eigenvalue weighted by Gasteiger charge is 2.12. The molecule has 0 heterocycles. The number of nitrogens with one attached hydrogen (secondary N) is 1. The van der Waals surface area contributed by atoms with E-state index in [0.29, 0.717) is 12.0 Å². The van der Waals surface area contributed by atoms with Gasteiger partial charge in [-0.05, 0) is 37.8 Å². The molecule has 0 aliphatic heterocycles. The maximum absolute atomic E-state index is 12.2. The minimum absolute atomic E-state index is 0.0540. The molecule has 0 aliphatic carbocycles. The second-order valence-corrected chi connectivity index (χ2v) is 5.55. The van der Waals surface area contributed by atoms with Crippen LogP contribution in [-0.2, 0) is 0 Å². The third kappa shape index (κ3) is 5.28. The molecular formula is C16H21NO2S. The van der Waals surface area contributed by atoms with Crippen molar-refractivity contribution in [1.82, 2.24) is 5.32 Å². The van der Waals surface area contributed by atoms with Gasteiger partial charge in [-0.3, -0.25) is 4.79 Å². The Balaban J connectivity index is 2.86. The first-order valence-electron chi connectivity index (χ1n) is 6.58. The summed E-state index contributed by atoms with van der Waals surface area (Å²) in [5, 5.41) is 11.7. The lowest BCUT2D eigenvalue weighted by Gasteiger charge is -2.13. The molecule has 0 aliphatic rings. The predicted molar refractivity (Wildman–Crippen MR) is 85.1 cm³/mol. The lowest BCUT2D eigenvalue weighted by molar-refractivity contribution is 0.0943. The summed E-state index contributed by atoms with van der Waals surface area (Å²) < 4.78 is 0. The molecule has 2 N–H and O–H groups in total. The number of aliphatic hydroxyl groups excluding tert-OH is 1. The highest BCUT2D eigenvalue weighted by molar-refractivity contribution is 7.98. The third-order valence-electron chi connectivity index (χ3n) is 2.75. The van der Waals surface area contributed by atoms with Crippen LogP contribution >= 0.6 is 11.8 Å². The van der Waals surface area contributed by atoms with Crippen LogP contribution in [0.1, 0.15) is 34.8 Å². The van der Waals surface area contributed by atoms with Crippen molar-refractivity contribution in [3.05, 3.63) is 34.9 Å². The first kappa shape index (κ1) is 16.6. The van der Waals surface area contributed by atoms with Gasteiger partial charge in [0, 0.05) is 29.3 Å². The molecule has 0 fully saturated rings. The summed E-state index contributed by atoms with van der Waals surface area (Å²) in [5.74, 6) is 6.64. The van der Waals surface area contributed by atoms with Gasteiger partial charge in [0.15, 0.2) is 0 Å². The highest BCUT2D eigenvalue weighted by Crippen LogP contribution is 2.11. The Morgan fingerprint density at radius 3 is 2.90 bits per heavy atom. The number of carbonyl (C=O) groups is 1. The zero-order valence-corrected chi connectivity index (χ0v) is 13.0. The second kappa shape index (κ2) is 8.68. The van der Waals surface area contributed by atoms with Crippen LogP contribution in [0, 0.1) is 18.8 Å². The Kier molecular flexibility index (Phi) is 7.21. The van der Waals surface area contributed by atoms with Gasteiger partial charge < -0.3 is 10.4 Å². The molecule has 0 bridgehead atoms. The fraction of sp³-hybridized carbons (Fsp3) is 0.438. The number of thioether (sulfide) groups is 1. The predicted octanol–water partition coefficient (Wildman–Crippen LogP) is 2.21. The Morgan fingerprint density at radius 1 is 1.50 bits per heavy atom. The molecule has 0 spiro atoms. The van der Waals surface area contributed by atoms with E-state index in [0.717, 1.165) is 16.9 Å². The van der Waals surface area contributed by atoms with Gasteiger partial charge in [-0.2, -0.15) is 11.8 Å². The fourth-order valence-corrected chi connectivity index (χ4v) is 2.34. The molecule has 0 radical (unpaired) electrons. The number of amides is 1. The van der Waals surface area contributed by atoms with Gasteiger partial charge >= 0.3 is 0 Å². The van der Waals surface area contributed by atoms with Gasteiger partial charge in [0.1, 0.15) is 0 Å². The van der Waals surface area contributed by atoms with E-state index in [2.05, 4.69) is 17.2 Å². The summed E-state index contributed by atoms with van der Waals surface area (Å²) >= 11 is 1.71. The number of aryl methyl sites for hydroxylation is 1. The molecule has 0 saturated carbocycles. The van der Waals surface area contributed by atoms with E-state index in [1.165, 1.54) is 0 Å². The van der Waals surface area contributed by atoms with Crippen LogP contribution in [0.15, 0.2) is 18.2 Å². The topological polar surface area (TPSA) is 49.3 Å². The smallest absolute Gasteiger partial charge is 0.251 e. The highest BCUT2D eigenvalue weighted by atomic mass is 32.2. The second-order valence-electron chi connectivity index (χ2n) is 4.63. The molecule has 1 unspecified atom stereocenters. The van der Waals surface area contributed by atoms with E-state index in [-0.39, 0.29) is 18.6 Å². The van der Waals surface area contributed by atoms with E-state index in [1.807, 2.05) is 32.2 Å². The van der Waals surface area contributed by atoms with Crippen molar-refractivity contribution >= 4 is 17.7 Å². The molecule has 4 heteroatoms. The average molecular weight is 291 g/mol. The van der Waals surface area contributed by atoms with Crippen molar-refractivity contribution in [2.75, 3.05) is 18.6 Å². The lowest BCUT2D eigenvalue weighted by Crippen LogP contribution is -2.34. The Labute approximate surface area is 125 Å². The van der Waals surface area contributed by atoms with Crippen molar-refractivity contribution in [2.45, 2.75) is 26.3 Å². The summed E-state index contributed by atoms with van der Waals surface area (Å²) in [4.78, 5) is 12.2. The monoisotopic (exact) mass is 291 g/mol. The van der Waals surface area contributed by atoms with Gasteiger partial charge in [-0.1, -0.05) is 17.9 Å². The molecule has 0 saturated heterocycles. The lowest BCUT2D eigenvalue weighted by atomic mass is 10.0. The Morgan fingerprint density at radius 2 is 2.25 bits per heavy atom. The van der Waals surface area contributed by atoms with E-state index >= 15 is 0 Å². The van der Waals surface area contributed by atoms with Crippen LogP contribution < -0.4 is 5.32 Å². The quantitative estimate of drug-likeness (QED) is 0.818. The van der Waals surface area contributed by atoms with Crippen LogP contribution in [0.5, 0.6) is 0 Å². The molecule has 108 valence electrons. The minimum atomic E-state index is -0.0603. The number of carbonyl (C=O) groups excluding carboxylic acids is 1. The SMILES string of the molecule is CSCC(C)NC(=O)c1cc(C#CCCO)ccc1C. The maximum atomic E-state index is 12.2. The molecule has 1 rings (SSSR count). The first-order chi connectivity index (χ1) is 9.58. The largest absolute Gasteiger partial charge is 0.395 e. The third-order valence-corrected chi connectivity index (χ3v) is 3.58. The number of hydrogen-bond acceptors (Lipinski definition) is 3. The number of aliphatic hydroxyl groups is 1. The maximum Gasteiger partial charge on any atom is 0.251 e. The van der Waals surface area contributed by atoms with E-state index in [9.17, 15) is 4.79 Å².